The molecular formula is C33H31FN2O3. The Balaban J connectivity index is 1.57. The van der Waals surface area contributed by atoms with Crippen LogP contribution in [0.3, 0.4) is 0 Å². The summed E-state index contributed by atoms with van der Waals surface area (Å²) in [6, 6.07) is 29.4. The van der Waals surface area contributed by atoms with Gasteiger partial charge in [0.05, 0.1) is 6.04 Å². The molecule has 0 saturated carbocycles. The number of aryl methyl sites for hydroxylation is 1. The highest BCUT2D eigenvalue weighted by Crippen LogP contribution is 2.26. The minimum Gasteiger partial charge on any atom is -0.459 e. The van der Waals surface area contributed by atoms with Crippen molar-refractivity contribution in [2.75, 3.05) is 0 Å². The van der Waals surface area contributed by atoms with Gasteiger partial charge in [-0.15, -0.1) is 0 Å². The van der Waals surface area contributed by atoms with Crippen molar-refractivity contribution >= 4 is 11.9 Å². The zero-order valence-electron chi connectivity index (χ0n) is 21.8. The number of halogens is 1. The third kappa shape index (κ3) is 6.41. The Morgan fingerprint density at radius 3 is 2.23 bits per heavy atom. The van der Waals surface area contributed by atoms with Crippen molar-refractivity contribution in [2.45, 2.75) is 44.4 Å². The second-order valence-corrected chi connectivity index (χ2v) is 10.4. The lowest BCUT2D eigenvalue weighted by Crippen LogP contribution is -2.48. The fraction of sp³-hybridized carbons (Fsp3) is 0.212. The van der Waals surface area contributed by atoms with Crippen LogP contribution in [-0.2, 0) is 29.0 Å². The summed E-state index contributed by atoms with van der Waals surface area (Å²) in [4.78, 5) is 26.6. The number of amides is 1. The lowest BCUT2D eigenvalue weighted by molar-refractivity contribution is -0.150. The molecule has 2 unspecified atom stereocenters. The van der Waals surface area contributed by atoms with Gasteiger partial charge in [-0.1, -0.05) is 66.7 Å². The molecule has 0 spiro atoms. The van der Waals surface area contributed by atoms with Crippen LogP contribution in [0, 0.1) is 5.82 Å². The maximum absolute atomic E-state index is 14.6. The van der Waals surface area contributed by atoms with E-state index in [4.69, 9.17) is 10.5 Å². The molecule has 1 amide bonds. The van der Waals surface area contributed by atoms with Crippen LogP contribution in [0.1, 0.15) is 52.0 Å². The third-order valence-electron chi connectivity index (χ3n) is 7.02. The molecule has 3 N–H and O–H groups in total. The molecule has 198 valence electrons. The fourth-order valence-electron chi connectivity index (χ4n) is 5.04. The summed E-state index contributed by atoms with van der Waals surface area (Å²) in [6.07, 6.45) is 1.21. The number of hydrogen-bond acceptors (Lipinski definition) is 4. The summed E-state index contributed by atoms with van der Waals surface area (Å²) >= 11 is 0. The first-order valence-corrected chi connectivity index (χ1v) is 13.1. The first kappa shape index (κ1) is 26.3. The van der Waals surface area contributed by atoms with E-state index >= 15 is 0 Å². The Labute approximate surface area is 227 Å². The van der Waals surface area contributed by atoms with Gasteiger partial charge in [-0.05, 0) is 83.5 Å². The average Bonchev–Trinajstić information content (AvgIpc) is 2.93. The topological polar surface area (TPSA) is 81.4 Å². The summed E-state index contributed by atoms with van der Waals surface area (Å²) in [7, 11) is 0. The van der Waals surface area contributed by atoms with Crippen molar-refractivity contribution in [2.24, 2.45) is 5.73 Å². The molecule has 0 aromatic heterocycles. The van der Waals surface area contributed by atoms with Crippen molar-refractivity contribution in [3.05, 3.63) is 131 Å². The standard InChI is InChI=1S/C33H31FN2O3/c1-33(35)20-23-14-22(17-29(34)18-23)12-13-30(26-10-6-3-7-11-26)36-31(37)28-16-24(21-39-32(33)38)15-27(19-28)25-8-4-2-5-9-25/h2-11,14-19,30H,12-13,20-21,35H2,1H3,(H,36,37). The molecule has 0 fully saturated rings. The van der Waals surface area contributed by atoms with Crippen LogP contribution in [0.15, 0.2) is 97.1 Å². The molecule has 5 nitrogen and oxygen atoms in total. The minimum atomic E-state index is -1.36. The molecule has 1 heterocycles. The third-order valence-corrected chi connectivity index (χ3v) is 7.02. The molecule has 6 heteroatoms. The van der Waals surface area contributed by atoms with E-state index in [1.165, 1.54) is 12.1 Å². The van der Waals surface area contributed by atoms with Crippen molar-refractivity contribution in [3.8, 4) is 11.1 Å². The summed E-state index contributed by atoms with van der Waals surface area (Å²) in [5.41, 5.74) is 10.3. The van der Waals surface area contributed by atoms with E-state index in [0.29, 0.717) is 29.5 Å². The van der Waals surface area contributed by atoms with E-state index in [2.05, 4.69) is 5.32 Å². The van der Waals surface area contributed by atoms with Crippen LogP contribution in [0.25, 0.3) is 11.1 Å². The van der Waals surface area contributed by atoms with E-state index in [1.54, 1.807) is 13.0 Å². The van der Waals surface area contributed by atoms with Crippen LogP contribution in [0.2, 0.25) is 0 Å². The Kier molecular flexibility index (Phi) is 7.57. The number of fused-ring (bicyclic) bond motifs is 4. The van der Waals surface area contributed by atoms with Gasteiger partial charge in [0.25, 0.3) is 5.91 Å². The highest BCUT2D eigenvalue weighted by atomic mass is 19.1. The first-order valence-electron chi connectivity index (χ1n) is 13.1. The normalized spacial score (nSPS) is 20.1. The number of cyclic esters (lactones) is 1. The molecule has 2 atom stereocenters. The van der Waals surface area contributed by atoms with Crippen molar-refractivity contribution in [1.82, 2.24) is 5.32 Å². The molecular weight excluding hydrogens is 491 g/mol. The van der Waals surface area contributed by atoms with Crippen LogP contribution in [0.4, 0.5) is 4.39 Å². The predicted molar refractivity (Wildman–Crippen MR) is 149 cm³/mol. The van der Waals surface area contributed by atoms with Gasteiger partial charge >= 0.3 is 5.97 Å². The SMILES string of the molecule is CC1(N)Cc2cc(F)cc(c2)CCC(c2ccccc2)NC(=O)c2cc(cc(-c3ccccc3)c2)COC1=O. The van der Waals surface area contributed by atoms with Crippen molar-refractivity contribution in [3.63, 3.8) is 0 Å². The Morgan fingerprint density at radius 1 is 0.821 bits per heavy atom. The lowest BCUT2D eigenvalue weighted by Gasteiger charge is -2.24. The number of carbonyl (C=O) groups excluding carboxylic acids is 2. The number of esters is 1. The van der Waals surface area contributed by atoms with E-state index in [1.807, 2.05) is 78.9 Å². The van der Waals surface area contributed by atoms with E-state index in [-0.39, 0.29) is 25.0 Å². The van der Waals surface area contributed by atoms with Crippen molar-refractivity contribution < 1.29 is 18.7 Å². The molecule has 0 aliphatic carbocycles. The van der Waals surface area contributed by atoms with Gasteiger partial charge in [0.1, 0.15) is 18.0 Å². The van der Waals surface area contributed by atoms with Crippen LogP contribution in [0.5, 0.6) is 0 Å². The molecule has 4 bridgehead atoms. The van der Waals surface area contributed by atoms with Crippen molar-refractivity contribution in [1.29, 1.82) is 0 Å². The number of nitrogens with one attached hydrogen (secondary N) is 1. The predicted octanol–water partition coefficient (Wildman–Crippen LogP) is 5.91. The second kappa shape index (κ2) is 11.2. The Hall–Kier alpha value is -4.29. The molecule has 4 aromatic carbocycles. The summed E-state index contributed by atoms with van der Waals surface area (Å²) in [5, 5.41) is 3.19. The number of rotatable bonds is 2. The molecule has 4 aromatic rings. The lowest BCUT2D eigenvalue weighted by atomic mass is 9.91. The number of nitrogens with two attached hydrogens (primary N) is 1. The van der Waals surface area contributed by atoms with Gasteiger partial charge in [-0.3, -0.25) is 9.59 Å². The zero-order chi connectivity index (χ0) is 27.4. The molecule has 1 aliphatic rings. The van der Waals surface area contributed by atoms with Crippen LogP contribution >= 0.6 is 0 Å². The van der Waals surface area contributed by atoms with Gasteiger partial charge in [-0.2, -0.15) is 0 Å². The molecule has 0 radical (unpaired) electrons. The van der Waals surface area contributed by atoms with Crippen LogP contribution < -0.4 is 11.1 Å². The van der Waals surface area contributed by atoms with Gasteiger partial charge in [0, 0.05) is 12.0 Å². The highest BCUT2D eigenvalue weighted by molar-refractivity contribution is 5.96. The summed E-state index contributed by atoms with van der Waals surface area (Å²) in [6.45, 7) is 1.54. The number of hydrogen-bond donors (Lipinski definition) is 2. The van der Waals surface area contributed by atoms with Gasteiger partial charge < -0.3 is 15.8 Å². The maximum atomic E-state index is 14.6. The second-order valence-electron chi connectivity index (χ2n) is 10.4. The quantitative estimate of drug-likeness (QED) is 0.321. The summed E-state index contributed by atoms with van der Waals surface area (Å²) < 4.78 is 20.2. The summed E-state index contributed by atoms with van der Waals surface area (Å²) in [5.74, 6) is -1.23. The minimum absolute atomic E-state index is 0.0525. The fourth-order valence-corrected chi connectivity index (χ4v) is 5.04. The van der Waals surface area contributed by atoms with E-state index in [0.717, 1.165) is 22.3 Å². The Bertz CT molecular complexity index is 1490. The smallest absolute Gasteiger partial charge is 0.326 e. The monoisotopic (exact) mass is 522 g/mol. The largest absolute Gasteiger partial charge is 0.459 e. The first-order chi connectivity index (χ1) is 18.8. The van der Waals surface area contributed by atoms with Gasteiger partial charge in [-0.25, -0.2) is 4.39 Å². The van der Waals surface area contributed by atoms with E-state index < -0.39 is 17.3 Å². The number of ether oxygens (including phenoxy) is 1. The number of benzene rings is 4. The molecule has 1 aliphatic heterocycles. The molecule has 0 saturated heterocycles. The number of carbonyl (C=O) groups is 2. The van der Waals surface area contributed by atoms with Gasteiger partial charge in [0.15, 0.2) is 0 Å². The highest BCUT2D eigenvalue weighted by Gasteiger charge is 2.31. The molecule has 5 rings (SSSR count). The average molecular weight is 523 g/mol. The Morgan fingerprint density at radius 2 is 1.49 bits per heavy atom. The van der Waals surface area contributed by atoms with Crippen LogP contribution in [-0.4, -0.2) is 17.4 Å². The van der Waals surface area contributed by atoms with Gasteiger partial charge in [0.2, 0.25) is 0 Å². The maximum Gasteiger partial charge on any atom is 0.326 e. The zero-order valence-corrected chi connectivity index (χ0v) is 21.8. The molecule has 39 heavy (non-hydrogen) atoms. The van der Waals surface area contributed by atoms with E-state index in [9.17, 15) is 14.0 Å².